The molecule has 0 aliphatic rings. The van der Waals surface area contributed by atoms with Crippen molar-refractivity contribution in [2.45, 2.75) is 25.6 Å². The van der Waals surface area contributed by atoms with Crippen molar-refractivity contribution >= 4 is 23.5 Å². The molecule has 2 atom stereocenters. The van der Waals surface area contributed by atoms with Gasteiger partial charge >= 0.3 is 11.9 Å². The van der Waals surface area contributed by atoms with Gasteiger partial charge in [-0.25, -0.2) is 9.78 Å². The SMILES string of the molecule is CCOC(=O)CC(O)C(O)c1cnc(Cl)cc1C(=O)O. The van der Waals surface area contributed by atoms with E-state index in [-0.39, 0.29) is 22.9 Å². The zero-order valence-corrected chi connectivity index (χ0v) is 11.4. The van der Waals surface area contributed by atoms with E-state index in [4.69, 9.17) is 16.7 Å². The maximum atomic E-state index is 11.2. The van der Waals surface area contributed by atoms with E-state index in [1.807, 2.05) is 0 Å². The van der Waals surface area contributed by atoms with Gasteiger partial charge in [-0.3, -0.25) is 4.79 Å². The highest BCUT2D eigenvalue weighted by Gasteiger charge is 2.26. The Labute approximate surface area is 119 Å². The second-order valence-electron chi connectivity index (χ2n) is 3.92. The van der Waals surface area contributed by atoms with Gasteiger partial charge in [0.15, 0.2) is 0 Å². The average molecular weight is 304 g/mol. The molecule has 1 aromatic rings. The van der Waals surface area contributed by atoms with Gasteiger partial charge in [0, 0.05) is 11.8 Å². The number of halogens is 1. The summed E-state index contributed by atoms with van der Waals surface area (Å²) >= 11 is 5.58. The summed E-state index contributed by atoms with van der Waals surface area (Å²) in [5, 5.41) is 28.6. The fourth-order valence-corrected chi connectivity index (χ4v) is 1.73. The molecule has 0 amide bonds. The molecule has 0 radical (unpaired) electrons. The Morgan fingerprint density at radius 2 is 2.10 bits per heavy atom. The molecular formula is C12H14ClNO6. The van der Waals surface area contributed by atoms with Gasteiger partial charge in [-0.2, -0.15) is 0 Å². The van der Waals surface area contributed by atoms with E-state index in [0.717, 1.165) is 12.3 Å². The number of ether oxygens (including phenoxy) is 1. The maximum Gasteiger partial charge on any atom is 0.336 e. The summed E-state index contributed by atoms with van der Waals surface area (Å²) in [6.45, 7) is 1.75. The number of esters is 1. The first-order valence-corrected chi connectivity index (χ1v) is 6.15. The van der Waals surface area contributed by atoms with Crippen LogP contribution in [0.15, 0.2) is 12.3 Å². The van der Waals surface area contributed by atoms with E-state index in [2.05, 4.69) is 9.72 Å². The van der Waals surface area contributed by atoms with Crippen molar-refractivity contribution < 1.29 is 29.6 Å². The predicted molar refractivity (Wildman–Crippen MR) is 68.4 cm³/mol. The van der Waals surface area contributed by atoms with Crippen LogP contribution in [-0.4, -0.2) is 45.0 Å². The van der Waals surface area contributed by atoms with Gasteiger partial charge in [-0.1, -0.05) is 11.6 Å². The van der Waals surface area contributed by atoms with Crippen LogP contribution in [0, 0.1) is 0 Å². The maximum absolute atomic E-state index is 11.2. The lowest BCUT2D eigenvalue weighted by Gasteiger charge is -2.18. The molecule has 0 saturated heterocycles. The number of aromatic carboxylic acids is 1. The van der Waals surface area contributed by atoms with Gasteiger partial charge in [0.2, 0.25) is 0 Å². The van der Waals surface area contributed by atoms with Crippen molar-refractivity contribution in [3.8, 4) is 0 Å². The Kier molecular flexibility index (Phi) is 5.87. The van der Waals surface area contributed by atoms with Crippen molar-refractivity contribution in [2.24, 2.45) is 0 Å². The first-order valence-electron chi connectivity index (χ1n) is 5.77. The zero-order valence-electron chi connectivity index (χ0n) is 10.6. The van der Waals surface area contributed by atoms with E-state index in [1.54, 1.807) is 6.92 Å². The predicted octanol–water partition coefficient (Wildman–Crippen LogP) is 0.781. The van der Waals surface area contributed by atoms with E-state index >= 15 is 0 Å². The second-order valence-corrected chi connectivity index (χ2v) is 4.31. The van der Waals surface area contributed by atoms with Crippen LogP contribution in [0.3, 0.4) is 0 Å². The van der Waals surface area contributed by atoms with Gasteiger partial charge in [0.1, 0.15) is 11.3 Å². The number of aliphatic hydroxyl groups is 2. The minimum atomic E-state index is -1.59. The van der Waals surface area contributed by atoms with Crippen LogP contribution in [-0.2, 0) is 9.53 Å². The molecule has 7 nitrogen and oxygen atoms in total. The lowest BCUT2D eigenvalue weighted by atomic mass is 9.99. The van der Waals surface area contributed by atoms with Crippen LogP contribution >= 0.6 is 11.6 Å². The molecule has 3 N–H and O–H groups in total. The van der Waals surface area contributed by atoms with Crippen molar-refractivity contribution in [3.05, 3.63) is 28.5 Å². The molecule has 20 heavy (non-hydrogen) atoms. The number of carbonyl (C=O) groups excluding carboxylic acids is 1. The summed E-state index contributed by atoms with van der Waals surface area (Å²) in [6, 6.07) is 1.06. The van der Waals surface area contributed by atoms with Crippen molar-refractivity contribution in [3.63, 3.8) is 0 Å². The van der Waals surface area contributed by atoms with Gasteiger partial charge in [0.05, 0.1) is 24.7 Å². The molecule has 0 aliphatic carbocycles. The summed E-state index contributed by atoms with van der Waals surface area (Å²) in [4.78, 5) is 25.9. The van der Waals surface area contributed by atoms with Crippen molar-refractivity contribution in [1.29, 1.82) is 0 Å². The van der Waals surface area contributed by atoms with Gasteiger partial charge < -0.3 is 20.1 Å². The zero-order chi connectivity index (χ0) is 15.3. The average Bonchev–Trinajstić information content (AvgIpc) is 2.37. The number of pyridine rings is 1. The molecule has 8 heteroatoms. The van der Waals surface area contributed by atoms with Crippen molar-refractivity contribution in [2.75, 3.05) is 6.61 Å². The first kappa shape index (κ1) is 16.4. The van der Waals surface area contributed by atoms with E-state index < -0.39 is 30.6 Å². The normalized spacial score (nSPS) is 13.6. The topological polar surface area (TPSA) is 117 Å². The highest BCUT2D eigenvalue weighted by molar-refractivity contribution is 6.29. The molecule has 0 fully saturated rings. The number of carboxylic acids is 1. The fourth-order valence-electron chi connectivity index (χ4n) is 1.57. The molecule has 0 aromatic carbocycles. The Hall–Kier alpha value is -1.70. The highest BCUT2D eigenvalue weighted by atomic mass is 35.5. The summed E-state index contributed by atoms with van der Waals surface area (Å²) in [5.41, 5.74) is -0.417. The number of rotatable bonds is 6. The van der Waals surface area contributed by atoms with Crippen molar-refractivity contribution in [1.82, 2.24) is 4.98 Å². The minimum Gasteiger partial charge on any atom is -0.478 e. The molecule has 2 unspecified atom stereocenters. The molecule has 0 saturated carbocycles. The molecule has 110 valence electrons. The number of carbonyl (C=O) groups is 2. The lowest BCUT2D eigenvalue weighted by Crippen LogP contribution is -2.24. The summed E-state index contributed by atoms with van der Waals surface area (Å²) in [5.74, 6) is -2.02. The Bertz CT molecular complexity index is 507. The third kappa shape index (κ3) is 4.16. The Morgan fingerprint density at radius 1 is 1.45 bits per heavy atom. The number of aromatic nitrogens is 1. The van der Waals surface area contributed by atoms with Gasteiger partial charge in [-0.15, -0.1) is 0 Å². The standard InChI is InChI=1S/C12H14ClNO6/c1-2-20-10(16)4-8(15)11(17)7-5-14-9(13)3-6(7)12(18)19/h3,5,8,11,15,17H,2,4H2,1H3,(H,18,19). The molecular weight excluding hydrogens is 290 g/mol. The van der Waals surface area contributed by atoms with Crippen LogP contribution in [0.25, 0.3) is 0 Å². The second kappa shape index (κ2) is 7.18. The highest BCUT2D eigenvalue weighted by Crippen LogP contribution is 2.24. The third-order valence-corrected chi connectivity index (χ3v) is 2.70. The Balaban J connectivity index is 2.93. The molecule has 1 rings (SSSR count). The van der Waals surface area contributed by atoms with Gasteiger partial charge in [0.25, 0.3) is 0 Å². The number of hydrogen-bond donors (Lipinski definition) is 3. The monoisotopic (exact) mass is 303 g/mol. The number of hydrogen-bond acceptors (Lipinski definition) is 6. The molecule has 0 bridgehead atoms. The van der Waals surface area contributed by atoms with Crippen LogP contribution < -0.4 is 0 Å². The lowest BCUT2D eigenvalue weighted by molar-refractivity contribution is -0.147. The smallest absolute Gasteiger partial charge is 0.336 e. The van der Waals surface area contributed by atoms with E-state index in [1.165, 1.54) is 0 Å². The molecule has 0 spiro atoms. The fraction of sp³-hybridized carbons (Fsp3) is 0.417. The number of nitrogens with zero attached hydrogens (tertiary/aromatic N) is 1. The Morgan fingerprint density at radius 3 is 2.65 bits per heavy atom. The summed E-state index contributed by atoms with van der Waals surface area (Å²) < 4.78 is 4.63. The third-order valence-electron chi connectivity index (χ3n) is 2.50. The number of aliphatic hydroxyl groups excluding tert-OH is 2. The van der Waals surface area contributed by atoms with Crippen LogP contribution in [0.5, 0.6) is 0 Å². The first-order chi connectivity index (χ1) is 9.36. The summed E-state index contributed by atoms with van der Waals surface area (Å²) in [7, 11) is 0. The number of carboxylic acid groups (broad SMARTS) is 1. The summed E-state index contributed by atoms with van der Waals surface area (Å²) in [6.07, 6.45) is -2.51. The minimum absolute atomic E-state index is 0.0572. The van der Waals surface area contributed by atoms with Crippen LogP contribution in [0.1, 0.15) is 35.4 Å². The largest absolute Gasteiger partial charge is 0.478 e. The van der Waals surface area contributed by atoms with Crippen LogP contribution in [0.4, 0.5) is 0 Å². The quantitative estimate of drug-likeness (QED) is 0.525. The molecule has 1 aromatic heterocycles. The molecule has 1 heterocycles. The van der Waals surface area contributed by atoms with E-state index in [0.29, 0.717) is 0 Å². The van der Waals surface area contributed by atoms with Gasteiger partial charge in [-0.05, 0) is 13.0 Å². The van der Waals surface area contributed by atoms with E-state index in [9.17, 15) is 19.8 Å². The molecule has 0 aliphatic heterocycles. The van der Waals surface area contributed by atoms with Crippen LogP contribution in [0.2, 0.25) is 5.15 Å².